The van der Waals surface area contributed by atoms with Gasteiger partial charge in [0.15, 0.2) is 11.5 Å². The fourth-order valence-corrected chi connectivity index (χ4v) is 2.63. The van der Waals surface area contributed by atoms with Crippen LogP contribution in [0.3, 0.4) is 0 Å². The monoisotopic (exact) mass is 277 g/mol. The Morgan fingerprint density at radius 3 is 2.74 bits per heavy atom. The number of anilines is 1. The predicted octanol–water partition coefficient (Wildman–Crippen LogP) is 1.09. The number of aryl methyl sites for hydroxylation is 1. The van der Waals surface area contributed by atoms with Crippen molar-refractivity contribution in [3.05, 3.63) is 35.3 Å². The number of hydrogen-bond acceptors (Lipinski definition) is 5. The van der Waals surface area contributed by atoms with E-state index in [9.17, 15) is 8.42 Å². The molecule has 2 aromatic heterocycles. The standard InChI is InChI=1S/C11H11N5O2S/c1-7-8(2)14-15-11(7)16-19(17,18)10-4-3-5-13-9(10)6-12/h3-5H,1-2H3,(H2,14,15,16). The summed E-state index contributed by atoms with van der Waals surface area (Å²) in [6.45, 7) is 3.52. The summed E-state index contributed by atoms with van der Waals surface area (Å²) < 4.78 is 26.7. The van der Waals surface area contributed by atoms with Crippen LogP contribution in [0.1, 0.15) is 17.0 Å². The van der Waals surface area contributed by atoms with Gasteiger partial charge in [0.1, 0.15) is 11.0 Å². The molecule has 0 fully saturated rings. The van der Waals surface area contributed by atoms with Gasteiger partial charge in [-0.3, -0.25) is 9.82 Å². The molecule has 0 radical (unpaired) electrons. The van der Waals surface area contributed by atoms with Crippen LogP contribution >= 0.6 is 0 Å². The molecule has 0 atom stereocenters. The first-order valence-corrected chi connectivity index (χ1v) is 6.83. The lowest BCUT2D eigenvalue weighted by molar-refractivity contribution is 0.600. The molecule has 0 aliphatic heterocycles. The highest BCUT2D eigenvalue weighted by molar-refractivity contribution is 7.92. The summed E-state index contributed by atoms with van der Waals surface area (Å²) in [6, 6.07) is 4.53. The van der Waals surface area contributed by atoms with Crippen LogP contribution in [0.4, 0.5) is 5.82 Å². The van der Waals surface area contributed by atoms with Gasteiger partial charge in [-0.05, 0) is 26.0 Å². The fraction of sp³-hybridized carbons (Fsp3) is 0.182. The SMILES string of the molecule is Cc1[nH]nc(NS(=O)(=O)c2cccnc2C#N)c1C. The lowest BCUT2D eigenvalue weighted by Gasteiger charge is -2.07. The van der Waals surface area contributed by atoms with Crippen LogP contribution in [0.15, 0.2) is 23.2 Å². The first kappa shape index (κ1) is 13.0. The van der Waals surface area contributed by atoms with Crippen LogP contribution in [0.5, 0.6) is 0 Å². The Hall–Kier alpha value is -2.40. The number of pyridine rings is 1. The third kappa shape index (κ3) is 2.41. The number of aromatic amines is 1. The van der Waals surface area contributed by atoms with E-state index >= 15 is 0 Å². The topological polar surface area (TPSA) is 112 Å². The van der Waals surface area contributed by atoms with E-state index in [-0.39, 0.29) is 16.4 Å². The van der Waals surface area contributed by atoms with Crippen LogP contribution in [-0.4, -0.2) is 23.6 Å². The van der Waals surface area contributed by atoms with Gasteiger partial charge in [-0.15, -0.1) is 0 Å². The largest absolute Gasteiger partial charge is 0.280 e. The molecular formula is C11H11N5O2S. The van der Waals surface area contributed by atoms with E-state index in [2.05, 4.69) is 19.9 Å². The molecule has 0 saturated carbocycles. The summed E-state index contributed by atoms with van der Waals surface area (Å²) in [7, 11) is -3.88. The van der Waals surface area contributed by atoms with Crippen molar-refractivity contribution in [3.63, 3.8) is 0 Å². The number of aromatic nitrogens is 3. The second kappa shape index (κ2) is 4.70. The highest BCUT2D eigenvalue weighted by Gasteiger charge is 2.21. The molecule has 2 rings (SSSR count). The second-order valence-corrected chi connectivity index (χ2v) is 5.54. The molecule has 19 heavy (non-hydrogen) atoms. The molecule has 0 aromatic carbocycles. The minimum Gasteiger partial charge on any atom is -0.280 e. The number of nitrogens with one attached hydrogen (secondary N) is 2. The van der Waals surface area contributed by atoms with Crippen molar-refractivity contribution in [1.82, 2.24) is 15.2 Å². The molecule has 0 saturated heterocycles. The van der Waals surface area contributed by atoms with Crippen LogP contribution in [0.2, 0.25) is 0 Å². The normalized spacial score (nSPS) is 11.0. The van der Waals surface area contributed by atoms with Crippen molar-refractivity contribution >= 4 is 15.8 Å². The zero-order chi connectivity index (χ0) is 14.0. The van der Waals surface area contributed by atoms with E-state index < -0.39 is 10.0 Å². The van der Waals surface area contributed by atoms with Gasteiger partial charge in [-0.2, -0.15) is 10.4 Å². The number of hydrogen-bond donors (Lipinski definition) is 2. The molecule has 98 valence electrons. The third-order valence-electron chi connectivity index (χ3n) is 2.65. The Morgan fingerprint density at radius 1 is 1.42 bits per heavy atom. The number of H-pyrrole nitrogens is 1. The summed E-state index contributed by atoms with van der Waals surface area (Å²) in [5.41, 5.74) is 1.32. The van der Waals surface area contributed by atoms with Crippen molar-refractivity contribution < 1.29 is 8.42 Å². The minimum atomic E-state index is -3.88. The highest BCUT2D eigenvalue weighted by Crippen LogP contribution is 2.20. The van der Waals surface area contributed by atoms with E-state index in [0.29, 0.717) is 5.56 Å². The van der Waals surface area contributed by atoms with Crippen molar-refractivity contribution in [2.24, 2.45) is 0 Å². The quantitative estimate of drug-likeness (QED) is 0.872. The van der Waals surface area contributed by atoms with Crippen LogP contribution in [0, 0.1) is 25.2 Å². The van der Waals surface area contributed by atoms with Crippen LogP contribution in [0.25, 0.3) is 0 Å². The lowest BCUT2D eigenvalue weighted by Crippen LogP contribution is -2.15. The van der Waals surface area contributed by atoms with E-state index in [4.69, 9.17) is 5.26 Å². The third-order valence-corrected chi connectivity index (χ3v) is 4.02. The summed E-state index contributed by atoms with van der Waals surface area (Å²) >= 11 is 0. The average Bonchev–Trinajstić information content (AvgIpc) is 2.70. The molecule has 0 unspecified atom stereocenters. The van der Waals surface area contributed by atoms with Gasteiger partial charge in [0.05, 0.1) is 0 Å². The fourth-order valence-electron chi connectivity index (χ4n) is 1.46. The summed E-state index contributed by atoms with van der Waals surface area (Å²) in [5, 5.41) is 15.4. The maximum absolute atomic E-state index is 12.2. The van der Waals surface area contributed by atoms with E-state index in [1.165, 1.54) is 18.3 Å². The van der Waals surface area contributed by atoms with Gasteiger partial charge in [-0.25, -0.2) is 13.4 Å². The summed E-state index contributed by atoms with van der Waals surface area (Å²) in [6.07, 6.45) is 1.36. The molecule has 0 bridgehead atoms. The first-order chi connectivity index (χ1) is 8.95. The smallest absolute Gasteiger partial charge is 0.266 e. The zero-order valence-electron chi connectivity index (χ0n) is 10.3. The Morgan fingerprint density at radius 2 is 2.16 bits per heavy atom. The number of nitriles is 1. The molecular weight excluding hydrogens is 266 g/mol. The van der Waals surface area contributed by atoms with Gasteiger partial charge in [0.2, 0.25) is 0 Å². The predicted molar refractivity (Wildman–Crippen MR) is 67.8 cm³/mol. The number of rotatable bonds is 3. The molecule has 0 spiro atoms. The zero-order valence-corrected chi connectivity index (χ0v) is 11.1. The Bertz CT molecular complexity index is 758. The minimum absolute atomic E-state index is 0.153. The van der Waals surface area contributed by atoms with Gasteiger partial charge >= 0.3 is 0 Å². The van der Waals surface area contributed by atoms with Gasteiger partial charge in [0.25, 0.3) is 10.0 Å². The van der Waals surface area contributed by atoms with Gasteiger partial charge in [-0.1, -0.05) is 0 Å². The Labute approximate surface area is 110 Å². The molecule has 2 heterocycles. The molecule has 2 aromatic rings. The summed E-state index contributed by atoms with van der Waals surface area (Å²) in [4.78, 5) is 3.56. The van der Waals surface area contributed by atoms with Gasteiger partial charge in [0, 0.05) is 17.5 Å². The molecule has 0 amide bonds. The van der Waals surface area contributed by atoms with Crippen molar-refractivity contribution in [3.8, 4) is 6.07 Å². The van der Waals surface area contributed by atoms with Gasteiger partial charge < -0.3 is 0 Å². The van der Waals surface area contributed by atoms with E-state index in [1.54, 1.807) is 19.9 Å². The van der Waals surface area contributed by atoms with Crippen LogP contribution < -0.4 is 4.72 Å². The van der Waals surface area contributed by atoms with Crippen molar-refractivity contribution in [2.45, 2.75) is 18.7 Å². The maximum atomic E-state index is 12.2. The molecule has 8 heteroatoms. The highest BCUT2D eigenvalue weighted by atomic mass is 32.2. The molecule has 2 N–H and O–H groups in total. The molecule has 0 aliphatic rings. The van der Waals surface area contributed by atoms with E-state index in [0.717, 1.165) is 5.69 Å². The van der Waals surface area contributed by atoms with Crippen molar-refractivity contribution in [1.29, 1.82) is 5.26 Å². The molecule has 7 nitrogen and oxygen atoms in total. The van der Waals surface area contributed by atoms with Crippen LogP contribution in [-0.2, 0) is 10.0 Å². The Balaban J connectivity index is 2.44. The van der Waals surface area contributed by atoms with Crippen molar-refractivity contribution in [2.75, 3.05) is 4.72 Å². The molecule has 0 aliphatic carbocycles. The number of sulfonamides is 1. The number of nitrogens with zero attached hydrogens (tertiary/aromatic N) is 3. The maximum Gasteiger partial charge on any atom is 0.266 e. The summed E-state index contributed by atoms with van der Waals surface area (Å²) in [5.74, 6) is 0.213. The first-order valence-electron chi connectivity index (χ1n) is 5.35. The average molecular weight is 277 g/mol. The second-order valence-electron chi connectivity index (χ2n) is 3.89. The lowest BCUT2D eigenvalue weighted by atomic mass is 10.3. The van der Waals surface area contributed by atoms with E-state index in [1.807, 2.05) is 0 Å². The Kier molecular flexibility index (Phi) is 3.23.